The predicted octanol–water partition coefficient (Wildman–Crippen LogP) is 3.10. The van der Waals surface area contributed by atoms with Crippen LogP contribution >= 0.6 is 31.9 Å². The third-order valence-corrected chi connectivity index (χ3v) is 3.66. The minimum Gasteiger partial charge on any atom is -0.396 e. The maximum atomic E-state index is 12.0. The molecule has 0 saturated carbocycles. The van der Waals surface area contributed by atoms with Gasteiger partial charge in [0.1, 0.15) is 0 Å². The molecule has 1 aromatic rings. The molecule has 0 fully saturated rings. The summed E-state index contributed by atoms with van der Waals surface area (Å²) in [6.07, 6.45) is 1.38. The van der Waals surface area contributed by atoms with Gasteiger partial charge in [-0.3, -0.25) is 4.79 Å². The van der Waals surface area contributed by atoms with E-state index >= 15 is 0 Å². The lowest BCUT2D eigenvalue weighted by Gasteiger charge is -2.16. The fourth-order valence-corrected chi connectivity index (χ4v) is 2.26. The average Bonchev–Trinajstić information content (AvgIpc) is 2.31. The Labute approximate surface area is 118 Å². The highest BCUT2D eigenvalue weighted by Crippen LogP contribution is 2.21. The highest BCUT2D eigenvalue weighted by Gasteiger charge is 2.14. The van der Waals surface area contributed by atoms with Crippen LogP contribution in [0.5, 0.6) is 0 Å². The molecule has 0 aliphatic rings. The number of carbonyl (C=O) groups is 1. The normalized spacial score (nSPS) is 12.2. The maximum Gasteiger partial charge on any atom is 0.252 e. The van der Waals surface area contributed by atoms with Gasteiger partial charge in [-0.15, -0.1) is 0 Å². The first kappa shape index (κ1) is 14.7. The number of aliphatic hydroxyl groups is 1. The third-order valence-electron chi connectivity index (χ3n) is 2.48. The van der Waals surface area contributed by atoms with Crippen molar-refractivity contribution in [2.75, 3.05) is 6.61 Å². The molecule has 1 rings (SSSR count). The van der Waals surface area contributed by atoms with Gasteiger partial charge in [-0.05, 0) is 47.0 Å². The Balaban J connectivity index is 2.78. The molecule has 0 heterocycles. The summed E-state index contributed by atoms with van der Waals surface area (Å²) in [5.74, 6) is -0.126. The van der Waals surface area contributed by atoms with E-state index in [1.54, 1.807) is 6.07 Å². The van der Waals surface area contributed by atoms with Gasteiger partial charge in [0.05, 0.1) is 5.56 Å². The number of hydrogen-bond donors (Lipinski definition) is 2. The van der Waals surface area contributed by atoms with Crippen LogP contribution in [-0.4, -0.2) is 23.7 Å². The molecule has 94 valence electrons. The van der Waals surface area contributed by atoms with Gasteiger partial charge in [0.15, 0.2) is 0 Å². The number of benzene rings is 1. The molecular formula is C12H15Br2NO2. The Morgan fingerprint density at radius 3 is 2.76 bits per heavy atom. The highest BCUT2D eigenvalue weighted by atomic mass is 79.9. The van der Waals surface area contributed by atoms with Crippen LogP contribution in [0.1, 0.15) is 30.1 Å². The van der Waals surface area contributed by atoms with Gasteiger partial charge < -0.3 is 10.4 Å². The van der Waals surface area contributed by atoms with Crippen LogP contribution in [-0.2, 0) is 0 Å². The number of amides is 1. The molecule has 5 heteroatoms. The number of nitrogens with one attached hydrogen (secondary N) is 1. The van der Waals surface area contributed by atoms with Crippen LogP contribution in [0.3, 0.4) is 0 Å². The summed E-state index contributed by atoms with van der Waals surface area (Å²) in [5.41, 5.74) is 0.593. The summed E-state index contributed by atoms with van der Waals surface area (Å²) >= 11 is 6.69. The van der Waals surface area contributed by atoms with Gasteiger partial charge in [0, 0.05) is 21.6 Å². The van der Waals surface area contributed by atoms with Crippen molar-refractivity contribution in [1.29, 1.82) is 0 Å². The van der Waals surface area contributed by atoms with E-state index in [0.717, 1.165) is 15.4 Å². The van der Waals surface area contributed by atoms with Gasteiger partial charge in [-0.1, -0.05) is 22.9 Å². The quantitative estimate of drug-likeness (QED) is 0.843. The van der Waals surface area contributed by atoms with Crippen LogP contribution in [0, 0.1) is 0 Å². The maximum absolute atomic E-state index is 12.0. The lowest BCUT2D eigenvalue weighted by molar-refractivity contribution is 0.0928. The van der Waals surface area contributed by atoms with Gasteiger partial charge in [0.2, 0.25) is 0 Å². The zero-order valence-electron chi connectivity index (χ0n) is 9.54. The summed E-state index contributed by atoms with van der Waals surface area (Å²) in [4.78, 5) is 12.0. The fourth-order valence-electron chi connectivity index (χ4n) is 1.47. The van der Waals surface area contributed by atoms with Crippen molar-refractivity contribution in [1.82, 2.24) is 5.32 Å². The minimum absolute atomic E-state index is 0.0124. The van der Waals surface area contributed by atoms with E-state index in [9.17, 15) is 4.79 Å². The van der Waals surface area contributed by atoms with Crippen molar-refractivity contribution < 1.29 is 9.90 Å². The van der Waals surface area contributed by atoms with Gasteiger partial charge in [-0.2, -0.15) is 0 Å². The molecular weight excluding hydrogens is 350 g/mol. The van der Waals surface area contributed by atoms with E-state index in [0.29, 0.717) is 12.0 Å². The smallest absolute Gasteiger partial charge is 0.252 e. The average molecular weight is 365 g/mol. The number of halogens is 2. The van der Waals surface area contributed by atoms with E-state index in [1.807, 2.05) is 19.1 Å². The standard InChI is InChI=1S/C12H15Br2NO2/c1-2-9(5-6-16)15-12(17)10-7-8(13)3-4-11(10)14/h3-4,7,9,16H,2,5-6H2,1H3,(H,15,17). The lowest BCUT2D eigenvalue weighted by atomic mass is 10.1. The van der Waals surface area contributed by atoms with Crippen molar-refractivity contribution >= 4 is 37.8 Å². The van der Waals surface area contributed by atoms with E-state index < -0.39 is 0 Å². The summed E-state index contributed by atoms with van der Waals surface area (Å²) in [7, 11) is 0. The molecule has 1 aromatic carbocycles. The predicted molar refractivity (Wildman–Crippen MR) is 75.1 cm³/mol. The molecule has 0 radical (unpaired) electrons. The second-order valence-electron chi connectivity index (χ2n) is 3.72. The molecule has 0 aliphatic carbocycles. The summed E-state index contributed by atoms with van der Waals surface area (Å²) in [6, 6.07) is 5.47. The Hall–Kier alpha value is -0.390. The number of rotatable bonds is 5. The highest BCUT2D eigenvalue weighted by molar-refractivity contribution is 9.11. The number of hydrogen-bond acceptors (Lipinski definition) is 2. The Morgan fingerprint density at radius 2 is 2.18 bits per heavy atom. The van der Waals surface area contributed by atoms with Crippen molar-refractivity contribution in [3.05, 3.63) is 32.7 Å². The lowest BCUT2D eigenvalue weighted by Crippen LogP contribution is -2.35. The molecule has 1 atom stereocenters. The molecule has 1 amide bonds. The van der Waals surface area contributed by atoms with Crippen LogP contribution in [0.25, 0.3) is 0 Å². The van der Waals surface area contributed by atoms with Gasteiger partial charge >= 0.3 is 0 Å². The van der Waals surface area contributed by atoms with Crippen molar-refractivity contribution in [2.45, 2.75) is 25.8 Å². The van der Waals surface area contributed by atoms with Crippen molar-refractivity contribution in [3.8, 4) is 0 Å². The van der Waals surface area contributed by atoms with Crippen molar-refractivity contribution in [3.63, 3.8) is 0 Å². The number of aliphatic hydroxyl groups excluding tert-OH is 1. The monoisotopic (exact) mass is 363 g/mol. The Morgan fingerprint density at radius 1 is 1.47 bits per heavy atom. The van der Waals surface area contributed by atoms with Crippen LogP contribution < -0.4 is 5.32 Å². The largest absolute Gasteiger partial charge is 0.396 e. The first-order chi connectivity index (χ1) is 8.08. The second kappa shape index (κ2) is 7.13. The Bertz CT molecular complexity index is 396. The van der Waals surface area contributed by atoms with Crippen molar-refractivity contribution in [2.24, 2.45) is 0 Å². The summed E-state index contributed by atoms with van der Waals surface area (Å²) in [5, 5.41) is 11.8. The van der Waals surface area contributed by atoms with Gasteiger partial charge in [0.25, 0.3) is 5.91 Å². The molecule has 0 spiro atoms. The molecule has 17 heavy (non-hydrogen) atoms. The van der Waals surface area contributed by atoms with E-state index in [4.69, 9.17) is 5.11 Å². The molecule has 0 aromatic heterocycles. The molecule has 0 aliphatic heterocycles. The van der Waals surface area contributed by atoms with E-state index in [-0.39, 0.29) is 18.6 Å². The third kappa shape index (κ3) is 4.41. The molecule has 1 unspecified atom stereocenters. The SMILES string of the molecule is CCC(CCO)NC(=O)c1cc(Br)ccc1Br. The van der Waals surface area contributed by atoms with E-state index in [1.165, 1.54) is 0 Å². The summed E-state index contributed by atoms with van der Waals surface area (Å²) in [6.45, 7) is 2.06. The van der Waals surface area contributed by atoms with Crippen LogP contribution in [0.15, 0.2) is 27.1 Å². The Kier molecular flexibility index (Phi) is 6.16. The van der Waals surface area contributed by atoms with E-state index in [2.05, 4.69) is 37.2 Å². The summed E-state index contributed by atoms with van der Waals surface area (Å²) < 4.78 is 1.62. The second-order valence-corrected chi connectivity index (χ2v) is 5.49. The first-order valence-electron chi connectivity index (χ1n) is 5.45. The molecule has 2 N–H and O–H groups in total. The molecule has 0 bridgehead atoms. The van der Waals surface area contributed by atoms with Crippen LogP contribution in [0.4, 0.5) is 0 Å². The topological polar surface area (TPSA) is 49.3 Å². The zero-order chi connectivity index (χ0) is 12.8. The number of carbonyl (C=O) groups excluding carboxylic acids is 1. The zero-order valence-corrected chi connectivity index (χ0v) is 12.7. The van der Waals surface area contributed by atoms with Gasteiger partial charge in [-0.25, -0.2) is 0 Å². The van der Waals surface area contributed by atoms with Crippen LogP contribution in [0.2, 0.25) is 0 Å². The molecule has 3 nitrogen and oxygen atoms in total. The molecule has 0 saturated heterocycles. The first-order valence-corrected chi connectivity index (χ1v) is 7.03. The fraction of sp³-hybridized carbons (Fsp3) is 0.417. The minimum atomic E-state index is -0.126.